The summed E-state index contributed by atoms with van der Waals surface area (Å²) in [7, 11) is -0.292. The molecule has 1 heterocycles. The first-order valence-electron chi connectivity index (χ1n) is 5.16. The van der Waals surface area contributed by atoms with Crippen molar-refractivity contribution >= 4 is 21.5 Å². The molecule has 0 radical (unpaired) electrons. The smallest absolute Gasteiger partial charge is 0.215 e. The van der Waals surface area contributed by atoms with Gasteiger partial charge in [0.2, 0.25) is 10.0 Å². The van der Waals surface area contributed by atoms with Crippen molar-refractivity contribution in [3.8, 4) is 6.07 Å². The molecule has 1 rings (SSSR count). The Bertz CT molecular complexity index is 562. The molecule has 0 spiro atoms. The maximum absolute atomic E-state index is 11.5. The maximum atomic E-state index is 11.5. The van der Waals surface area contributed by atoms with Gasteiger partial charge in [-0.3, -0.25) is 0 Å². The van der Waals surface area contributed by atoms with Crippen LogP contribution < -0.4 is 11.1 Å². The van der Waals surface area contributed by atoms with Gasteiger partial charge in [-0.1, -0.05) is 0 Å². The van der Waals surface area contributed by atoms with E-state index in [1.807, 2.05) is 6.07 Å². The van der Waals surface area contributed by atoms with Crippen molar-refractivity contribution in [1.29, 1.82) is 5.26 Å². The van der Waals surface area contributed by atoms with E-state index in [4.69, 9.17) is 11.0 Å². The minimum atomic E-state index is -3.24. The van der Waals surface area contributed by atoms with Crippen LogP contribution in [0.5, 0.6) is 0 Å². The van der Waals surface area contributed by atoms with Gasteiger partial charge in [0.05, 0.1) is 17.0 Å². The number of nitriles is 1. The van der Waals surface area contributed by atoms with E-state index in [0.29, 0.717) is 17.1 Å². The lowest BCUT2D eigenvalue weighted by atomic mass is 10.3. The summed E-state index contributed by atoms with van der Waals surface area (Å²) < 4.78 is 24.2. The highest BCUT2D eigenvalue weighted by Crippen LogP contribution is 2.15. The van der Waals surface area contributed by atoms with E-state index in [1.54, 1.807) is 0 Å². The van der Waals surface area contributed by atoms with Crippen LogP contribution in [0.25, 0.3) is 0 Å². The molecule has 0 aliphatic rings. The molecule has 0 aliphatic carbocycles. The van der Waals surface area contributed by atoms with Crippen LogP contribution in [0.3, 0.4) is 0 Å². The van der Waals surface area contributed by atoms with Crippen molar-refractivity contribution in [1.82, 2.24) is 9.29 Å². The molecule has 18 heavy (non-hydrogen) atoms. The number of nitrogens with zero attached hydrogens (tertiary/aromatic N) is 3. The summed E-state index contributed by atoms with van der Waals surface area (Å²) >= 11 is 0. The fourth-order valence-corrected chi connectivity index (χ4v) is 1.90. The van der Waals surface area contributed by atoms with E-state index in [9.17, 15) is 8.42 Å². The fourth-order valence-electron chi connectivity index (χ4n) is 1.17. The largest absolute Gasteiger partial charge is 0.396 e. The van der Waals surface area contributed by atoms with Crippen LogP contribution in [-0.2, 0) is 10.0 Å². The summed E-state index contributed by atoms with van der Waals surface area (Å²) in [5, 5.41) is 11.5. The first-order valence-corrected chi connectivity index (χ1v) is 6.77. The van der Waals surface area contributed by atoms with Gasteiger partial charge >= 0.3 is 0 Å². The predicted octanol–water partition coefficient (Wildman–Crippen LogP) is -0.161. The van der Waals surface area contributed by atoms with E-state index < -0.39 is 10.0 Å². The quantitative estimate of drug-likeness (QED) is 0.768. The molecule has 0 atom stereocenters. The third kappa shape index (κ3) is 3.58. The lowest BCUT2D eigenvalue weighted by Gasteiger charge is -2.12. The van der Waals surface area contributed by atoms with E-state index in [0.717, 1.165) is 4.31 Å². The van der Waals surface area contributed by atoms with E-state index in [1.165, 1.54) is 26.4 Å². The second-order valence-corrected chi connectivity index (χ2v) is 6.10. The van der Waals surface area contributed by atoms with Crippen molar-refractivity contribution in [2.45, 2.75) is 0 Å². The van der Waals surface area contributed by atoms with Gasteiger partial charge in [-0.05, 0) is 6.07 Å². The first-order chi connectivity index (χ1) is 8.36. The average molecular weight is 269 g/mol. The molecule has 0 saturated heterocycles. The molecule has 0 aliphatic heterocycles. The Morgan fingerprint density at radius 3 is 2.72 bits per heavy atom. The second-order valence-electron chi connectivity index (χ2n) is 3.80. The minimum Gasteiger partial charge on any atom is -0.396 e. The van der Waals surface area contributed by atoms with Crippen LogP contribution in [0.15, 0.2) is 12.3 Å². The Morgan fingerprint density at radius 1 is 1.56 bits per heavy atom. The first kappa shape index (κ1) is 14.2. The molecule has 8 heteroatoms. The number of pyridine rings is 1. The van der Waals surface area contributed by atoms with Gasteiger partial charge in [0, 0.05) is 26.8 Å². The van der Waals surface area contributed by atoms with Gasteiger partial charge in [-0.25, -0.2) is 17.7 Å². The van der Waals surface area contributed by atoms with Gasteiger partial charge in [-0.2, -0.15) is 5.26 Å². The molecule has 0 aromatic carbocycles. The molecular formula is C10H15N5O2S. The van der Waals surface area contributed by atoms with Gasteiger partial charge < -0.3 is 11.1 Å². The molecule has 1 aromatic heterocycles. The van der Waals surface area contributed by atoms with Crippen molar-refractivity contribution in [2.75, 3.05) is 37.4 Å². The number of anilines is 2. The maximum Gasteiger partial charge on any atom is 0.215 e. The lowest BCUT2D eigenvalue weighted by molar-refractivity contribution is 0.521. The molecule has 3 N–H and O–H groups in total. The third-order valence-corrected chi connectivity index (χ3v) is 4.09. The second kappa shape index (κ2) is 5.66. The zero-order valence-corrected chi connectivity index (χ0v) is 11.0. The monoisotopic (exact) mass is 269 g/mol. The normalized spacial score (nSPS) is 11.2. The van der Waals surface area contributed by atoms with Crippen LogP contribution in [-0.4, -0.2) is 44.1 Å². The Morgan fingerprint density at radius 2 is 2.22 bits per heavy atom. The SMILES string of the molecule is CN(C)S(=O)(=O)CCNc1ncc(C#N)cc1N. The summed E-state index contributed by atoms with van der Waals surface area (Å²) in [4.78, 5) is 3.95. The molecule has 7 nitrogen and oxygen atoms in total. The van der Waals surface area contributed by atoms with Crippen molar-refractivity contribution in [2.24, 2.45) is 0 Å². The van der Waals surface area contributed by atoms with Crippen LogP contribution in [0.4, 0.5) is 11.5 Å². The van der Waals surface area contributed by atoms with Crippen LogP contribution in [0.1, 0.15) is 5.56 Å². The third-order valence-electron chi connectivity index (χ3n) is 2.26. The lowest BCUT2D eigenvalue weighted by Crippen LogP contribution is -2.28. The molecule has 0 fully saturated rings. The van der Waals surface area contributed by atoms with Crippen molar-refractivity contribution < 1.29 is 8.42 Å². The molecule has 1 aromatic rings. The van der Waals surface area contributed by atoms with Gasteiger partial charge in [-0.15, -0.1) is 0 Å². The van der Waals surface area contributed by atoms with Gasteiger partial charge in [0.1, 0.15) is 11.9 Å². The molecule has 98 valence electrons. The van der Waals surface area contributed by atoms with Crippen molar-refractivity contribution in [3.05, 3.63) is 17.8 Å². The van der Waals surface area contributed by atoms with E-state index >= 15 is 0 Å². The Kier molecular flexibility index (Phi) is 4.47. The Labute approximate surface area is 106 Å². The van der Waals surface area contributed by atoms with Gasteiger partial charge in [0.15, 0.2) is 0 Å². The average Bonchev–Trinajstić information content (AvgIpc) is 2.30. The van der Waals surface area contributed by atoms with Crippen molar-refractivity contribution in [3.63, 3.8) is 0 Å². The molecule has 0 unspecified atom stereocenters. The number of hydrogen-bond donors (Lipinski definition) is 2. The molecular weight excluding hydrogens is 254 g/mol. The Balaban J connectivity index is 2.63. The number of nitrogens with one attached hydrogen (secondary N) is 1. The van der Waals surface area contributed by atoms with E-state index in [2.05, 4.69) is 10.3 Å². The predicted molar refractivity (Wildman–Crippen MR) is 69.3 cm³/mol. The number of aromatic nitrogens is 1. The Hall–Kier alpha value is -1.85. The number of hydrogen-bond acceptors (Lipinski definition) is 6. The minimum absolute atomic E-state index is 0.0544. The van der Waals surface area contributed by atoms with Crippen LogP contribution in [0, 0.1) is 11.3 Å². The highest BCUT2D eigenvalue weighted by atomic mass is 32.2. The number of rotatable bonds is 5. The van der Waals surface area contributed by atoms with E-state index in [-0.39, 0.29) is 12.3 Å². The summed E-state index contributed by atoms with van der Waals surface area (Å²) in [5.41, 5.74) is 6.35. The zero-order valence-electron chi connectivity index (χ0n) is 10.2. The van der Waals surface area contributed by atoms with Crippen LogP contribution in [0.2, 0.25) is 0 Å². The summed E-state index contributed by atoms with van der Waals surface area (Å²) in [6.45, 7) is 0.198. The number of nitrogens with two attached hydrogens (primary N) is 1. The summed E-state index contributed by atoms with van der Waals surface area (Å²) in [6.07, 6.45) is 1.37. The number of sulfonamides is 1. The number of nitrogen functional groups attached to an aromatic ring is 1. The molecule has 0 saturated carbocycles. The summed E-state index contributed by atoms with van der Waals surface area (Å²) in [6, 6.07) is 3.40. The standard InChI is InChI=1S/C10H15N5O2S/c1-15(2)18(16,17)4-3-13-10-9(12)5-8(6-11)7-14-10/h5,7H,3-4,12H2,1-2H3,(H,13,14). The molecule has 0 bridgehead atoms. The fraction of sp³-hybridized carbons (Fsp3) is 0.400. The molecule has 0 amide bonds. The zero-order chi connectivity index (χ0) is 13.8. The topological polar surface area (TPSA) is 112 Å². The van der Waals surface area contributed by atoms with Gasteiger partial charge in [0.25, 0.3) is 0 Å². The highest BCUT2D eigenvalue weighted by Gasteiger charge is 2.13. The summed E-state index contributed by atoms with van der Waals surface area (Å²) in [5.74, 6) is 0.323. The highest BCUT2D eigenvalue weighted by molar-refractivity contribution is 7.89. The van der Waals surface area contributed by atoms with Crippen LogP contribution >= 0.6 is 0 Å².